The van der Waals surface area contributed by atoms with Crippen LogP contribution in [0.15, 0.2) is 48.5 Å². The summed E-state index contributed by atoms with van der Waals surface area (Å²) in [5.74, 6) is 0.526. The van der Waals surface area contributed by atoms with E-state index in [1.54, 1.807) is 0 Å². The lowest BCUT2D eigenvalue weighted by Gasteiger charge is -2.40. The molecule has 0 unspecified atom stereocenters. The number of amides is 1. The Balaban J connectivity index is 1.49. The molecule has 0 spiro atoms. The Kier molecular flexibility index (Phi) is 6.46. The molecule has 166 valence electrons. The molecule has 2 aromatic carbocycles. The molecule has 0 aliphatic carbocycles. The summed E-state index contributed by atoms with van der Waals surface area (Å²) in [7, 11) is -2.89. The van der Waals surface area contributed by atoms with E-state index >= 15 is 0 Å². The Morgan fingerprint density at radius 2 is 1.65 bits per heavy atom. The maximum Gasteiger partial charge on any atom is 0.246 e. The number of anilines is 1. The minimum Gasteiger partial charge on any atom is -0.324 e. The third-order valence-electron chi connectivity index (χ3n) is 6.29. The van der Waals surface area contributed by atoms with Crippen LogP contribution < -0.4 is 5.32 Å². The molecule has 0 saturated carbocycles. The molecule has 31 heavy (non-hydrogen) atoms. The number of carbonyl (C=O) groups is 1. The molecule has 4 rings (SSSR count). The summed E-state index contributed by atoms with van der Waals surface area (Å²) < 4.78 is 23.7. The van der Waals surface area contributed by atoms with Crippen LogP contribution in [0.2, 0.25) is 0 Å². The molecule has 1 N–H and O–H groups in total. The molecule has 2 fully saturated rings. The van der Waals surface area contributed by atoms with Gasteiger partial charge < -0.3 is 5.32 Å². The zero-order valence-electron chi connectivity index (χ0n) is 18.3. The fraction of sp³-hybridized carbons (Fsp3) is 0.458. The fourth-order valence-electron chi connectivity index (χ4n) is 4.84. The summed E-state index contributed by atoms with van der Waals surface area (Å²) in [5.41, 5.74) is 4.03. The second-order valence-electron chi connectivity index (χ2n) is 8.81. The lowest BCUT2D eigenvalue weighted by Crippen LogP contribution is -2.53. The average molecular weight is 442 g/mol. The Hall–Kier alpha value is -2.22. The number of nitrogens with one attached hydrogen (secondary N) is 1. The number of carbonyl (C=O) groups excluding carboxylic acids is 1. The monoisotopic (exact) mass is 441 g/mol. The molecule has 2 aromatic rings. The van der Waals surface area contributed by atoms with Gasteiger partial charge in [0.05, 0.1) is 11.5 Å². The maximum absolute atomic E-state index is 13.4. The van der Waals surface area contributed by atoms with E-state index in [9.17, 15) is 13.2 Å². The quantitative estimate of drug-likeness (QED) is 0.773. The van der Waals surface area contributed by atoms with Gasteiger partial charge in [-0.15, -0.1) is 0 Å². The third kappa shape index (κ3) is 5.34. The Morgan fingerprint density at radius 1 is 1.00 bits per heavy atom. The van der Waals surface area contributed by atoms with E-state index in [4.69, 9.17) is 0 Å². The Bertz CT molecular complexity index is 1010. The largest absolute Gasteiger partial charge is 0.324 e. The predicted molar refractivity (Wildman–Crippen MR) is 124 cm³/mol. The molecule has 2 heterocycles. The topological polar surface area (TPSA) is 69.7 Å². The van der Waals surface area contributed by atoms with E-state index < -0.39 is 9.84 Å². The highest BCUT2D eigenvalue weighted by Gasteiger charge is 2.36. The van der Waals surface area contributed by atoms with Crippen LogP contribution in [0.25, 0.3) is 0 Å². The first-order chi connectivity index (χ1) is 14.8. The van der Waals surface area contributed by atoms with Crippen molar-refractivity contribution in [2.24, 2.45) is 0 Å². The molecule has 2 aliphatic heterocycles. The van der Waals surface area contributed by atoms with Gasteiger partial charge in [0.2, 0.25) is 5.91 Å². The number of hydrogen-bond acceptors (Lipinski definition) is 5. The molecule has 0 bridgehead atoms. The van der Waals surface area contributed by atoms with Gasteiger partial charge in [0.25, 0.3) is 0 Å². The van der Waals surface area contributed by atoms with Crippen molar-refractivity contribution in [2.75, 3.05) is 43.0 Å². The molecule has 1 amide bonds. The standard InChI is InChI=1S/C24H31N3O3S/c1-18-14-19(2)16-21(15-18)25-24(28)23(20-6-4-3-5-7-20)27-11-9-26(10-12-27)22-8-13-31(29,30)17-22/h3-7,14-16,22-23H,8-13,17H2,1-2H3,(H,25,28)/t22-,23-/m0/s1. The van der Waals surface area contributed by atoms with E-state index in [0.29, 0.717) is 5.75 Å². The first-order valence-corrected chi connectivity index (χ1v) is 12.8. The lowest BCUT2D eigenvalue weighted by molar-refractivity contribution is -0.122. The van der Waals surface area contributed by atoms with E-state index in [1.807, 2.05) is 56.3 Å². The van der Waals surface area contributed by atoms with Gasteiger partial charge >= 0.3 is 0 Å². The van der Waals surface area contributed by atoms with Gasteiger partial charge in [-0.1, -0.05) is 36.4 Å². The number of sulfone groups is 1. The third-order valence-corrected chi connectivity index (χ3v) is 8.04. The number of benzene rings is 2. The second kappa shape index (κ2) is 9.10. The van der Waals surface area contributed by atoms with Gasteiger partial charge in [-0.05, 0) is 49.1 Å². The van der Waals surface area contributed by atoms with E-state index in [-0.39, 0.29) is 23.7 Å². The van der Waals surface area contributed by atoms with Crippen LogP contribution in [0, 0.1) is 13.8 Å². The van der Waals surface area contributed by atoms with Gasteiger partial charge in [0.15, 0.2) is 9.84 Å². The van der Waals surface area contributed by atoms with Crippen molar-refractivity contribution < 1.29 is 13.2 Å². The molecule has 7 heteroatoms. The van der Waals surface area contributed by atoms with Crippen LogP contribution >= 0.6 is 0 Å². The Labute approximate surface area is 185 Å². The number of rotatable bonds is 5. The van der Waals surface area contributed by atoms with Gasteiger partial charge in [-0.25, -0.2) is 8.42 Å². The molecule has 2 aliphatic rings. The molecule has 2 saturated heterocycles. The zero-order valence-corrected chi connectivity index (χ0v) is 19.1. The first kappa shape index (κ1) is 22.0. The molecular weight excluding hydrogens is 410 g/mol. The smallest absolute Gasteiger partial charge is 0.246 e. The van der Waals surface area contributed by atoms with E-state index in [2.05, 4.69) is 21.2 Å². The SMILES string of the molecule is Cc1cc(C)cc(NC(=O)[C@H](c2ccccc2)N2CCN([C@H]3CCS(=O)(=O)C3)CC2)c1. The van der Waals surface area contributed by atoms with Crippen molar-refractivity contribution in [1.82, 2.24) is 9.80 Å². The average Bonchev–Trinajstić information content (AvgIpc) is 3.08. The molecule has 0 aromatic heterocycles. The Morgan fingerprint density at radius 3 is 2.23 bits per heavy atom. The van der Waals surface area contributed by atoms with Crippen molar-refractivity contribution in [3.8, 4) is 0 Å². The number of hydrogen-bond donors (Lipinski definition) is 1. The highest BCUT2D eigenvalue weighted by Crippen LogP contribution is 2.27. The van der Waals surface area contributed by atoms with Crippen molar-refractivity contribution in [1.29, 1.82) is 0 Å². The van der Waals surface area contributed by atoms with Crippen LogP contribution in [0.3, 0.4) is 0 Å². The van der Waals surface area contributed by atoms with Crippen LogP contribution in [0.1, 0.15) is 29.2 Å². The summed E-state index contributed by atoms with van der Waals surface area (Å²) in [6, 6.07) is 15.7. The zero-order chi connectivity index (χ0) is 22.0. The molecule has 6 nitrogen and oxygen atoms in total. The van der Waals surface area contributed by atoms with Gasteiger partial charge in [-0.3, -0.25) is 14.6 Å². The summed E-state index contributed by atoms with van der Waals surface area (Å²) in [4.78, 5) is 17.9. The van der Waals surface area contributed by atoms with Gasteiger partial charge in [-0.2, -0.15) is 0 Å². The number of aryl methyl sites for hydroxylation is 2. The summed E-state index contributed by atoms with van der Waals surface area (Å²) >= 11 is 0. The van der Waals surface area contributed by atoms with Crippen molar-refractivity contribution >= 4 is 21.4 Å². The van der Waals surface area contributed by atoms with Crippen LogP contribution in [-0.4, -0.2) is 67.9 Å². The summed E-state index contributed by atoms with van der Waals surface area (Å²) in [6.45, 7) is 7.08. The highest BCUT2D eigenvalue weighted by atomic mass is 32.2. The van der Waals surface area contributed by atoms with Crippen molar-refractivity contribution in [3.05, 3.63) is 65.2 Å². The van der Waals surface area contributed by atoms with E-state index in [0.717, 1.165) is 55.0 Å². The minimum absolute atomic E-state index is 0.0342. The number of nitrogens with zero attached hydrogens (tertiary/aromatic N) is 2. The lowest BCUT2D eigenvalue weighted by atomic mass is 10.0. The van der Waals surface area contributed by atoms with Gasteiger partial charge in [0.1, 0.15) is 6.04 Å². The number of piperazine rings is 1. The van der Waals surface area contributed by atoms with Crippen molar-refractivity contribution in [2.45, 2.75) is 32.4 Å². The molecule has 2 atom stereocenters. The minimum atomic E-state index is -2.89. The summed E-state index contributed by atoms with van der Waals surface area (Å²) in [5, 5.41) is 3.12. The first-order valence-electron chi connectivity index (χ1n) is 10.9. The van der Waals surface area contributed by atoms with Crippen LogP contribution in [0.4, 0.5) is 5.69 Å². The van der Waals surface area contributed by atoms with Crippen LogP contribution in [-0.2, 0) is 14.6 Å². The van der Waals surface area contributed by atoms with Gasteiger partial charge in [0, 0.05) is 37.9 Å². The fourth-order valence-corrected chi connectivity index (χ4v) is 6.61. The normalized spacial score (nSPS) is 22.8. The van der Waals surface area contributed by atoms with Crippen molar-refractivity contribution in [3.63, 3.8) is 0 Å². The molecular formula is C24H31N3O3S. The highest BCUT2D eigenvalue weighted by molar-refractivity contribution is 7.91. The van der Waals surface area contributed by atoms with E-state index in [1.165, 1.54) is 0 Å². The second-order valence-corrected chi connectivity index (χ2v) is 11.0. The predicted octanol–water partition coefficient (Wildman–Crippen LogP) is 2.79. The summed E-state index contributed by atoms with van der Waals surface area (Å²) in [6.07, 6.45) is 0.720. The maximum atomic E-state index is 13.4. The molecule has 0 radical (unpaired) electrons. The van der Waals surface area contributed by atoms with Crippen LogP contribution in [0.5, 0.6) is 0 Å².